The van der Waals surface area contributed by atoms with Gasteiger partial charge in [-0.05, 0) is 30.0 Å². The lowest BCUT2D eigenvalue weighted by molar-refractivity contribution is 0.0481. The predicted octanol–water partition coefficient (Wildman–Crippen LogP) is 2.24. The number of benzene rings is 1. The SMILES string of the molecule is COCOc1cc(SC(F)(F)/C(N)=N/O)ccc1F. The maximum atomic E-state index is 13.4. The van der Waals surface area contributed by atoms with Crippen LogP contribution in [0.25, 0.3) is 0 Å². The van der Waals surface area contributed by atoms with Gasteiger partial charge in [0, 0.05) is 12.0 Å². The number of hydrogen-bond donors (Lipinski definition) is 2. The van der Waals surface area contributed by atoms with Gasteiger partial charge in [0.05, 0.1) is 0 Å². The summed E-state index contributed by atoms with van der Waals surface area (Å²) >= 11 is -0.00171. The van der Waals surface area contributed by atoms with Gasteiger partial charge in [0.25, 0.3) is 0 Å². The number of nitrogens with zero attached hydrogens (tertiary/aromatic N) is 1. The molecule has 0 atom stereocenters. The summed E-state index contributed by atoms with van der Waals surface area (Å²) in [6.07, 6.45) is 0. The van der Waals surface area contributed by atoms with Crippen LogP contribution >= 0.6 is 11.8 Å². The summed E-state index contributed by atoms with van der Waals surface area (Å²) in [7, 11) is 1.34. The lowest BCUT2D eigenvalue weighted by Gasteiger charge is -2.14. The highest BCUT2D eigenvalue weighted by Gasteiger charge is 2.36. The number of nitrogens with two attached hydrogens (primary N) is 1. The van der Waals surface area contributed by atoms with E-state index in [1.807, 2.05) is 0 Å². The van der Waals surface area contributed by atoms with Crippen LogP contribution in [0.2, 0.25) is 0 Å². The normalized spacial score (nSPS) is 12.5. The number of hydrogen-bond acceptors (Lipinski definition) is 5. The monoisotopic (exact) mass is 296 g/mol. The fourth-order valence-electron chi connectivity index (χ4n) is 1.04. The summed E-state index contributed by atoms with van der Waals surface area (Å²) in [5.74, 6) is -2.20. The number of alkyl halides is 2. The Balaban J connectivity index is 2.90. The lowest BCUT2D eigenvalue weighted by atomic mass is 10.3. The molecule has 1 aromatic carbocycles. The molecule has 0 spiro atoms. The molecule has 106 valence electrons. The topological polar surface area (TPSA) is 77.1 Å². The Morgan fingerprint density at radius 2 is 2.21 bits per heavy atom. The van der Waals surface area contributed by atoms with Gasteiger partial charge in [-0.1, -0.05) is 5.16 Å². The largest absolute Gasteiger partial charge is 0.464 e. The minimum Gasteiger partial charge on any atom is -0.464 e. The van der Waals surface area contributed by atoms with Crippen molar-refractivity contribution in [2.75, 3.05) is 13.9 Å². The van der Waals surface area contributed by atoms with Crippen molar-refractivity contribution >= 4 is 17.6 Å². The van der Waals surface area contributed by atoms with E-state index in [9.17, 15) is 13.2 Å². The van der Waals surface area contributed by atoms with Crippen LogP contribution in [0.4, 0.5) is 13.2 Å². The average Bonchev–Trinajstić information content (AvgIpc) is 2.38. The van der Waals surface area contributed by atoms with Gasteiger partial charge in [0.2, 0.25) is 5.84 Å². The van der Waals surface area contributed by atoms with E-state index in [1.165, 1.54) is 7.11 Å². The Bertz CT molecular complexity index is 471. The summed E-state index contributed by atoms with van der Waals surface area (Å²) in [5.41, 5.74) is 4.85. The first-order valence-electron chi connectivity index (χ1n) is 4.87. The third-order valence-corrected chi connectivity index (χ3v) is 2.84. The van der Waals surface area contributed by atoms with Crippen LogP contribution in [0.3, 0.4) is 0 Å². The van der Waals surface area contributed by atoms with E-state index in [2.05, 4.69) is 9.89 Å². The molecule has 9 heteroatoms. The molecule has 0 aliphatic rings. The van der Waals surface area contributed by atoms with Crippen molar-refractivity contribution < 1.29 is 27.9 Å². The molecular weight excluding hydrogens is 285 g/mol. The molecule has 0 unspecified atom stereocenters. The summed E-state index contributed by atoms with van der Waals surface area (Å²) < 4.78 is 49.5. The van der Waals surface area contributed by atoms with Crippen molar-refractivity contribution in [1.82, 2.24) is 0 Å². The molecule has 3 N–H and O–H groups in total. The van der Waals surface area contributed by atoms with Gasteiger partial charge in [0.15, 0.2) is 18.4 Å². The zero-order chi connectivity index (χ0) is 14.5. The minimum absolute atomic E-state index is 0.00171. The molecule has 0 saturated heterocycles. The van der Waals surface area contributed by atoms with Crippen LogP contribution in [0.1, 0.15) is 0 Å². The van der Waals surface area contributed by atoms with Gasteiger partial charge in [0.1, 0.15) is 0 Å². The molecule has 0 radical (unpaired) electrons. The molecule has 0 aliphatic carbocycles. The van der Waals surface area contributed by atoms with Crippen molar-refractivity contribution in [1.29, 1.82) is 0 Å². The number of methoxy groups -OCH3 is 1. The Morgan fingerprint density at radius 1 is 1.53 bits per heavy atom. The lowest BCUT2D eigenvalue weighted by Crippen LogP contribution is -2.32. The molecule has 0 aliphatic heterocycles. The first kappa shape index (κ1) is 15.4. The standard InChI is InChI=1S/C10H11F3N2O3S/c1-17-5-18-8-4-6(2-3-7(8)11)19-10(12,13)9(14)15-16/h2-4,16H,5H2,1H3,(H2,14,15). The van der Waals surface area contributed by atoms with Crippen LogP contribution in [-0.2, 0) is 4.74 Å². The molecule has 19 heavy (non-hydrogen) atoms. The van der Waals surface area contributed by atoms with Crippen LogP contribution < -0.4 is 10.5 Å². The third kappa shape index (κ3) is 4.21. The molecule has 0 fully saturated rings. The number of rotatable bonds is 6. The Hall–Kier alpha value is -1.61. The van der Waals surface area contributed by atoms with Gasteiger partial charge >= 0.3 is 5.25 Å². The molecule has 0 saturated carbocycles. The number of ether oxygens (including phenoxy) is 2. The summed E-state index contributed by atoms with van der Waals surface area (Å²) in [6, 6.07) is 3.16. The zero-order valence-electron chi connectivity index (χ0n) is 9.77. The first-order chi connectivity index (χ1) is 8.90. The van der Waals surface area contributed by atoms with E-state index in [0.717, 1.165) is 18.2 Å². The third-order valence-electron chi connectivity index (χ3n) is 1.89. The molecule has 0 bridgehead atoms. The first-order valence-corrected chi connectivity index (χ1v) is 5.68. The van der Waals surface area contributed by atoms with Crippen molar-refractivity contribution in [2.24, 2.45) is 10.9 Å². The van der Waals surface area contributed by atoms with E-state index in [4.69, 9.17) is 15.7 Å². The van der Waals surface area contributed by atoms with Crippen LogP contribution in [0.15, 0.2) is 28.3 Å². The quantitative estimate of drug-likeness (QED) is 0.210. The number of thioether (sulfide) groups is 1. The Morgan fingerprint density at radius 3 is 2.79 bits per heavy atom. The van der Waals surface area contributed by atoms with Gasteiger partial charge < -0.3 is 20.4 Å². The Kier molecular flexibility index (Phi) is 5.31. The fraction of sp³-hybridized carbons (Fsp3) is 0.300. The van der Waals surface area contributed by atoms with E-state index >= 15 is 0 Å². The van der Waals surface area contributed by atoms with Gasteiger partial charge in [-0.25, -0.2) is 4.39 Å². The second-order valence-electron chi connectivity index (χ2n) is 3.25. The Labute approximate surface area is 111 Å². The predicted molar refractivity (Wildman–Crippen MR) is 63.1 cm³/mol. The average molecular weight is 296 g/mol. The van der Waals surface area contributed by atoms with Crippen molar-refractivity contribution in [3.63, 3.8) is 0 Å². The van der Waals surface area contributed by atoms with Crippen LogP contribution in [0.5, 0.6) is 5.75 Å². The minimum atomic E-state index is -3.62. The van der Waals surface area contributed by atoms with E-state index in [1.54, 1.807) is 0 Å². The van der Waals surface area contributed by atoms with E-state index in [0.29, 0.717) is 0 Å². The molecule has 5 nitrogen and oxygen atoms in total. The van der Waals surface area contributed by atoms with Gasteiger partial charge in [-0.3, -0.25) is 0 Å². The highest BCUT2D eigenvalue weighted by Crippen LogP contribution is 2.37. The second-order valence-corrected chi connectivity index (χ2v) is 4.44. The summed E-state index contributed by atoms with van der Waals surface area (Å²) in [6.45, 7) is -0.221. The van der Waals surface area contributed by atoms with E-state index < -0.39 is 16.9 Å². The molecule has 1 aromatic rings. The molecular formula is C10H11F3N2O3S. The van der Waals surface area contributed by atoms with Crippen LogP contribution in [-0.4, -0.2) is 30.2 Å². The maximum Gasteiger partial charge on any atom is 0.357 e. The summed E-state index contributed by atoms with van der Waals surface area (Å²) in [4.78, 5) is -0.0101. The van der Waals surface area contributed by atoms with Crippen molar-refractivity contribution in [2.45, 2.75) is 10.2 Å². The van der Waals surface area contributed by atoms with E-state index in [-0.39, 0.29) is 29.2 Å². The van der Waals surface area contributed by atoms with Crippen molar-refractivity contribution in [3.05, 3.63) is 24.0 Å². The number of amidine groups is 1. The van der Waals surface area contributed by atoms with Crippen molar-refractivity contribution in [3.8, 4) is 5.75 Å². The highest BCUT2D eigenvalue weighted by atomic mass is 32.2. The van der Waals surface area contributed by atoms with Gasteiger partial charge in [-0.2, -0.15) is 8.78 Å². The molecule has 0 heterocycles. The molecule has 0 aromatic heterocycles. The second kappa shape index (κ2) is 6.53. The smallest absolute Gasteiger partial charge is 0.357 e. The van der Waals surface area contributed by atoms with Gasteiger partial charge in [-0.15, -0.1) is 0 Å². The van der Waals surface area contributed by atoms with Crippen LogP contribution in [0, 0.1) is 5.82 Å². The summed E-state index contributed by atoms with van der Waals surface area (Å²) in [5, 5.41) is 6.86. The fourth-order valence-corrected chi connectivity index (χ4v) is 1.78. The number of oxime groups is 1. The molecule has 1 rings (SSSR count). The zero-order valence-corrected chi connectivity index (χ0v) is 10.6. The molecule has 0 amide bonds. The number of halogens is 3. The maximum absolute atomic E-state index is 13.4. The highest BCUT2D eigenvalue weighted by molar-refractivity contribution is 8.01.